The molecule has 4 aromatic rings. The van der Waals surface area contributed by atoms with Gasteiger partial charge in [-0.1, -0.05) is 0 Å². The number of aliphatic hydroxyl groups excluding tert-OH is 2. The van der Waals surface area contributed by atoms with Gasteiger partial charge in [0.15, 0.2) is 29.8 Å². The molecule has 10 atom stereocenters. The molecule has 4 N–H and O–H groups in total. The Kier molecular flexibility index (Phi) is 9.03. The first kappa shape index (κ1) is 34.5. The van der Waals surface area contributed by atoms with Crippen LogP contribution in [0, 0.1) is 0 Å². The van der Waals surface area contributed by atoms with E-state index in [2.05, 4.69) is 19.9 Å². The molecular formula is C27H32FN7O12P2S. The number of hydrogen-bond acceptors (Lipinski definition) is 15. The maximum absolute atomic E-state index is 16.4. The Morgan fingerprint density at radius 2 is 1.72 bits per heavy atom. The summed E-state index contributed by atoms with van der Waals surface area (Å²) in [7, 11) is -5.09. The molecule has 1 aliphatic carbocycles. The van der Waals surface area contributed by atoms with Crippen molar-refractivity contribution in [2.45, 2.75) is 81.4 Å². The van der Waals surface area contributed by atoms with E-state index >= 15 is 4.39 Å². The second-order valence-electron chi connectivity index (χ2n) is 12.3. The van der Waals surface area contributed by atoms with Crippen LogP contribution in [0.4, 0.5) is 4.39 Å². The number of rotatable bonds is 4. The quantitative estimate of drug-likeness (QED) is 0.208. The van der Waals surface area contributed by atoms with E-state index in [0.717, 1.165) is 53.2 Å². The van der Waals surface area contributed by atoms with Crippen molar-refractivity contribution in [2.24, 2.45) is 0 Å². The smallest absolute Gasteiger partial charge is 0.395 e. The number of aliphatic hydroxyl groups is 2. The minimum atomic E-state index is -5.09. The highest BCUT2D eigenvalue weighted by atomic mass is 32.5. The van der Waals surface area contributed by atoms with E-state index in [1.807, 2.05) is 0 Å². The molecular weight excluding hydrogens is 727 g/mol. The van der Waals surface area contributed by atoms with Crippen molar-refractivity contribution < 1.29 is 56.5 Å². The fraction of sp³-hybridized carbons (Fsp3) is 0.593. The monoisotopic (exact) mass is 759 g/mol. The summed E-state index contributed by atoms with van der Waals surface area (Å²) in [5, 5.41) is 21.2. The molecule has 3 saturated heterocycles. The Balaban J connectivity index is 1.10. The molecule has 0 amide bonds. The lowest BCUT2D eigenvalue weighted by Crippen LogP contribution is -2.35. The number of halogens is 1. The topological polar surface area (TPSA) is 237 Å². The normalized spacial score (nSPS) is 36.5. The zero-order valence-electron chi connectivity index (χ0n) is 26.0. The number of fused-ring (bicyclic) bond motifs is 4. The lowest BCUT2D eigenvalue weighted by atomic mass is 10.1. The summed E-state index contributed by atoms with van der Waals surface area (Å²) in [5.41, 5.74) is 1.49. The molecule has 0 spiro atoms. The molecule has 8 rings (SSSR count). The fourth-order valence-corrected chi connectivity index (χ4v) is 9.25. The molecule has 19 nitrogen and oxygen atoms in total. The minimum Gasteiger partial charge on any atom is -0.395 e. The zero-order chi connectivity index (χ0) is 34.9. The highest BCUT2D eigenvalue weighted by Gasteiger charge is 2.54. The first-order valence-electron chi connectivity index (χ1n) is 15.8. The van der Waals surface area contributed by atoms with Crippen molar-refractivity contribution in [3.63, 3.8) is 0 Å². The predicted molar refractivity (Wildman–Crippen MR) is 170 cm³/mol. The Morgan fingerprint density at radius 3 is 2.54 bits per heavy atom. The van der Waals surface area contributed by atoms with Crippen LogP contribution < -0.4 is 5.56 Å². The van der Waals surface area contributed by atoms with Crippen molar-refractivity contribution in [1.29, 1.82) is 0 Å². The molecule has 4 aromatic heterocycles. The Labute approximate surface area is 286 Å². The van der Waals surface area contributed by atoms with Gasteiger partial charge in [0.25, 0.3) is 5.56 Å². The minimum absolute atomic E-state index is 0.0201. The molecule has 3 aliphatic heterocycles. The van der Waals surface area contributed by atoms with Crippen LogP contribution in [-0.2, 0) is 63.3 Å². The first-order valence-corrected chi connectivity index (χ1v) is 19.8. The summed E-state index contributed by atoms with van der Waals surface area (Å²) >= 11 is 5.23. The summed E-state index contributed by atoms with van der Waals surface area (Å²) in [6, 6.07) is 0. The average Bonchev–Trinajstić information content (AvgIpc) is 3.78. The third kappa shape index (κ3) is 6.07. The van der Waals surface area contributed by atoms with Crippen LogP contribution in [0.2, 0.25) is 0 Å². The summed E-state index contributed by atoms with van der Waals surface area (Å²) in [4.78, 5) is 51.9. The summed E-state index contributed by atoms with van der Waals surface area (Å²) in [5.74, 6) is 0. The lowest BCUT2D eigenvalue weighted by Gasteiger charge is -2.26. The zero-order valence-corrected chi connectivity index (χ0v) is 28.6. The highest BCUT2D eigenvalue weighted by Crippen LogP contribution is 2.54. The number of alkyl halides is 1. The lowest BCUT2D eigenvalue weighted by molar-refractivity contribution is -0.0642. The molecule has 0 saturated carbocycles. The van der Waals surface area contributed by atoms with Crippen LogP contribution in [0.1, 0.15) is 36.6 Å². The van der Waals surface area contributed by atoms with Crippen LogP contribution >= 0.6 is 14.5 Å². The fourth-order valence-electron chi connectivity index (χ4n) is 6.89. The van der Waals surface area contributed by atoms with Crippen LogP contribution in [0.3, 0.4) is 0 Å². The van der Waals surface area contributed by atoms with Crippen LogP contribution in [0.25, 0.3) is 22.2 Å². The van der Waals surface area contributed by atoms with E-state index in [1.54, 1.807) is 6.20 Å². The van der Waals surface area contributed by atoms with Gasteiger partial charge in [0.05, 0.1) is 38.4 Å². The van der Waals surface area contributed by atoms with Crippen molar-refractivity contribution in [3.05, 3.63) is 46.8 Å². The van der Waals surface area contributed by atoms with Gasteiger partial charge in [-0.3, -0.25) is 27.5 Å². The van der Waals surface area contributed by atoms with E-state index in [4.69, 9.17) is 39.4 Å². The SMILES string of the molecule is O=c1c2ncn([C@@H]3O[C@@H]4COP(O)(=S)O[C@H]5[C@@H](F)[C@H](n6cc7c8c(ncnc86)CCCC7)O[C@@H]5COP(=O)(O)O[C@@H]3[C@@H]4O)c2ncn1CCO. The average molecular weight is 760 g/mol. The van der Waals surface area contributed by atoms with Crippen LogP contribution in [0.5, 0.6) is 0 Å². The number of phosphoric ester groups is 1. The highest BCUT2D eigenvalue weighted by molar-refractivity contribution is 8.07. The number of hydrogen-bond donors (Lipinski definition) is 4. The van der Waals surface area contributed by atoms with Crippen LogP contribution in [-0.4, -0.2) is 110 Å². The van der Waals surface area contributed by atoms with Gasteiger partial charge in [0, 0.05) is 11.6 Å². The molecule has 4 aliphatic rings. The van der Waals surface area contributed by atoms with Crippen molar-refractivity contribution in [2.75, 3.05) is 19.8 Å². The predicted octanol–water partition coefficient (Wildman–Crippen LogP) is 0.537. The third-order valence-electron chi connectivity index (χ3n) is 9.21. The third-order valence-corrected chi connectivity index (χ3v) is 11.8. The second-order valence-corrected chi connectivity index (χ2v) is 16.5. The number of phosphoric acid groups is 1. The molecule has 2 bridgehead atoms. The molecule has 50 heavy (non-hydrogen) atoms. The summed E-state index contributed by atoms with van der Waals surface area (Å²) in [6.45, 7) is -6.04. The van der Waals surface area contributed by atoms with Gasteiger partial charge in [-0.05, 0) is 43.1 Å². The van der Waals surface area contributed by atoms with E-state index in [0.29, 0.717) is 5.65 Å². The Bertz CT molecular complexity index is 2100. The van der Waals surface area contributed by atoms with Crippen LogP contribution in [0.15, 0.2) is 30.0 Å². The number of aromatic nitrogens is 7. The summed E-state index contributed by atoms with van der Waals surface area (Å²) < 4.78 is 67.6. The van der Waals surface area contributed by atoms with E-state index < -0.39 is 82.5 Å². The molecule has 7 heterocycles. The number of nitrogens with zero attached hydrogens (tertiary/aromatic N) is 7. The Morgan fingerprint density at radius 1 is 0.940 bits per heavy atom. The second kappa shape index (κ2) is 13.1. The molecule has 0 radical (unpaired) electrons. The van der Waals surface area contributed by atoms with E-state index in [1.165, 1.54) is 21.8 Å². The standard InChI is InChI=1S/C27H32FN7O12P2S/c28-18-21-16(45-26(18)34-7-13-3-1-2-4-14-17(13)23(34)30-10-29-14)9-42-48(39,40)46-22-20(37)15(8-43-49(41,50)47-21)44-27(22)35-12-31-19-24(35)32-11-33(5-6-36)25(19)38/h7,10-12,15-16,18,20-22,26-27,36-37H,1-6,8-9H2,(H,39,40)(H,41,50)/t15-,16-,18-,20-,21-,22-,26-,27-,49?/m1/s1. The molecule has 3 fully saturated rings. The van der Waals surface area contributed by atoms with Gasteiger partial charge in [0.2, 0.25) is 0 Å². The maximum Gasteiger partial charge on any atom is 0.472 e. The van der Waals surface area contributed by atoms with Crippen molar-refractivity contribution >= 4 is 48.5 Å². The number of imidazole rings is 1. The molecule has 270 valence electrons. The van der Waals surface area contributed by atoms with Gasteiger partial charge >= 0.3 is 14.5 Å². The molecule has 2 unspecified atom stereocenters. The van der Waals surface area contributed by atoms with Crippen molar-refractivity contribution in [1.82, 2.24) is 33.6 Å². The number of aryl methyl sites for hydroxylation is 2. The van der Waals surface area contributed by atoms with E-state index in [-0.39, 0.29) is 24.3 Å². The first-order chi connectivity index (χ1) is 23.9. The van der Waals surface area contributed by atoms with Gasteiger partial charge in [-0.2, -0.15) is 0 Å². The van der Waals surface area contributed by atoms with Gasteiger partial charge in [0.1, 0.15) is 48.8 Å². The largest absolute Gasteiger partial charge is 0.472 e. The van der Waals surface area contributed by atoms with E-state index in [9.17, 15) is 29.4 Å². The molecule has 23 heteroatoms. The maximum atomic E-state index is 16.4. The Hall–Kier alpha value is -2.62. The van der Waals surface area contributed by atoms with Gasteiger partial charge in [-0.25, -0.2) is 28.9 Å². The van der Waals surface area contributed by atoms with Gasteiger partial charge < -0.3 is 38.6 Å². The number of ether oxygens (including phenoxy) is 2. The van der Waals surface area contributed by atoms with Crippen molar-refractivity contribution in [3.8, 4) is 0 Å². The molecule has 0 aromatic carbocycles. The summed E-state index contributed by atoms with van der Waals surface area (Å²) in [6.07, 6.45) is -3.68. The van der Waals surface area contributed by atoms with Gasteiger partial charge in [-0.15, -0.1) is 0 Å².